The van der Waals surface area contributed by atoms with Gasteiger partial charge >= 0.3 is 0 Å². The molecule has 2 aliphatic rings. The van der Waals surface area contributed by atoms with Crippen molar-refractivity contribution >= 4 is 23.2 Å². The van der Waals surface area contributed by atoms with E-state index in [0.717, 1.165) is 5.69 Å². The molecule has 0 radical (unpaired) electrons. The first kappa shape index (κ1) is 18.5. The molecule has 2 fully saturated rings. The van der Waals surface area contributed by atoms with E-state index in [1.165, 1.54) is 0 Å². The average Bonchev–Trinajstić information content (AvgIpc) is 2.58. The van der Waals surface area contributed by atoms with E-state index in [-0.39, 0.29) is 12.5 Å². The van der Waals surface area contributed by atoms with Crippen LogP contribution in [0.2, 0.25) is 5.02 Å². The van der Waals surface area contributed by atoms with Crippen molar-refractivity contribution in [2.75, 3.05) is 32.1 Å². The van der Waals surface area contributed by atoms with Crippen LogP contribution in [0, 0.1) is 0 Å². The maximum Gasteiger partial charge on any atom is 0.256 e. The molecule has 0 saturated carbocycles. The summed E-state index contributed by atoms with van der Waals surface area (Å²) in [5, 5.41) is 23.8. The number of hydrogen-bond donors (Lipinski definition) is 3. The number of anilines is 1. The van der Waals surface area contributed by atoms with E-state index in [1.54, 1.807) is 37.1 Å². The lowest BCUT2D eigenvalue weighted by Crippen LogP contribution is -2.59. The third-order valence-electron chi connectivity index (χ3n) is 5.39. The Labute approximate surface area is 152 Å². The molecule has 0 aromatic heterocycles. The van der Waals surface area contributed by atoms with Crippen molar-refractivity contribution in [2.24, 2.45) is 0 Å². The van der Waals surface area contributed by atoms with Gasteiger partial charge in [0.25, 0.3) is 5.91 Å². The van der Waals surface area contributed by atoms with E-state index >= 15 is 0 Å². The topological polar surface area (TPSA) is 82.0 Å². The van der Waals surface area contributed by atoms with Crippen molar-refractivity contribution in [3.63, 3.8) is 0 Å². The van der Waals surface area contributed by atoms with Gasteiger partial charge in [-0.15, -0.1) is 0 Å². The van der Waals surface area contributed by atoms with Gasteiger partial charge in [-0.3, -0.25) is 4.79 Å². The van der Waals surface area contributed by atoms with Crippen LogP contribution >= 0.6 is 11.6 Å². The second-order valence-electron chi connectivity index (χ2n) is 7.28. The lowest BCUT2D eigenvalue weighted by atomic mass is 9.76. The third-order valence-corrected chi connectivity index (χ3v) is 5.62. The van der Waals surface area contributed by atoms with Crippen LogP contribution < -0.4 is 5.32 Å². The number of nitrogens with zero attached hydrogens (tertiary/aromatic N) is 1. The number of likely N-dealkylation sites (tertiary alicyclic amines) is 1. The minimum absolute atomic E-state index is 0.0655. The van der Waals surface area contributed by atoms with Gasteiger partial charge < -0.3 is 25.2 Å². The fourth-order valence-corrected chi connectivity index (χ4v) is 3.95. The molecule has 2 aliphatic heterocycles. The van der Waals surface area contributed by atoms with Gasteiger partial charge in [0.05, 0.1) is 23.4 Å². The summed E-state index contributed by atoms with van der Waals surface area (Å²) in [5.74, 6) is -0.0655. The van der Waals surface area contributed by atoms with Crippen LogP contribution in [0.25, 0.3) is 0 Å². The molecule has 1 aromatic rings. The first-order valence-electron chi connectivity index (χ1n) is 8.57. The summed E-state index contributed by atoms with van der Waals surface area (Å²) in [6.45, 7) is 2.85. The lowest BCUT2D eigenvalue weighted by Gasteiger charge is -2.49. The largest absolute Gasteiger partial charge is 0.388 e. The Morgan fingerprint density at radius 1 is 1.40 bits per heavy atom. The highest BCUT2D eigenvalue weighted by Crippen LogP contribution is 2.40. The summed E-state index contributed by atoms with van der Waals surface area (Å²) in [6, 6.07) is 5.22. The summed E-state index contributed by atoms with van der Waals surface area (Å²) >= 11 is 6.05. The minimum atomic E-state index is -1.16. The van der Waals surface area contributed by atoms with Crippen LogP contribution in [0.4, 0.5) is 5.69 Å². The maximum absolute atomic E-state index is 12.9. The fraction of sp³-hybridized carbons (Fsp3) is 0.611. The van der Waals surface area contributed by atoms with Crippen LogP contribution in [0.3, 0.4) is 0 Å². The first-order valence-corrected chi connectivity index (χ1v) is 8.95. The summed E-state index contributed by atoms with van der Waals surface area (Å²) in [7, 11) is 1.77. The Bertz CT molecular complexity index is 656. The van der Waals surface area contributed by atoms with E-state index in [0.29, 0.717) is 42.9 Å². The van der Waals surface area contributed by atoms with Crippen molar-refractivity contribution in [1.82, 2.24) is 4.90 Å². The third kappa shape index (κ3) is 3.62. The molecular weight excluding hydrogens is 344 g/mol. The molecule has 6 nitrogen and oxygen atoms in total. The fourth-order valence-electron chi connectivity index (χ4n) is 3.78. The van der Waals surface area contributed by atoms with Crippen molar-refractivity contribution in [2.45, 2.75) is 43.5 Å². The normalized spacial score (nSPS) is 28.8. The number of hydrogen-bond acceptors (Lipinski definition) is 5. The van der Waals surface area contributed by atoms with Gasteiger partial charge in [-0.05, 0) is 38.0 Å². The predicted molar refractivity (Wildman–Crippen MR) is 96.1 cm³/mol. The molecule has 7 heteroatoms. The zero-order chi connectivity index (χ0) is 18.2. The molecule has 0 unspecified atom stereocenters. The number of benzene rings is 1. The van der Waals surface area contributed by atoms with E-state index < -0.39 is 17.3 Å². The van der Waals surface area contributed by atoms with Gasteiger partial charge in [0.15, 0.2) is 0 Å². The van der Waals surface area contributed by atoms with Gasteiger partial charge in [-0.25, -0.2) is 0 Å². The average molecular weight is 369 g/mol. The quantitative estimate of drug-likeness (QED) is 0.742. The maximum atomic E-state index is 12.9. The Morgan fingerprint density at radius 3 is 2.68 bits per heavy atom. The smallest absolute Gasteiger partial charge is 0.256 e. The molecule has 2 saturated heterocycles. The van der Waals surface area contributed by atoms with Gasteiger partial charge in [0.1, 0.15) is 6.10 Å². The highest BCUT2D eigenvalue weighted by atomic mass is 35.5. The summed E-state index contributed by atoms with van der Waals surface area (Å²) < 4.78 is 5.87. The molecule has 1 amide bonds. The number of rotatable bonds is 2. The number of ether oxygens (including phenoxy) is 1. The molecule has 138 valence electrons. The van der Waals surface area contributed by atoms with Gasteiger partial charge in [0.2, 0.25) is 0 Å². The zero-order valence-corrected chi connectivity index (χ0v) is 15.3. The second-order valence-corrected chi connectivity index (χ2v) is 7.71. The van der Waals surface area contributed by atoms with Crippen LogP contribution in [0.15, 0.2) is 18.2 Å². The number of carbonyl (C=O) groups excluding carboxylic acids is 1. The molecule has 3 rings (SSSR count). The minimum Gasteiger partial charge on any atom is -0.388 e. The van der Waals surface area contributed by atoms with Gasteiger partial charge in [0, 0.05) is 37.3 Å². The van der Waals surface area contributed by atoms with Crippen molar-refractivity contribution in [3.05, 3.63) is 28.8 Å². The van der Waals surface area contributed by atoms with Gasteiger partial charge in [-0.1, -0.05) is 11.6 Å². The van der Waals surface area contributed by atoms with Crippen LogP contribution in [0.5, 0.6) is 0 Å². The molecule has 1 spiro atoms. The van der Waals surface area contributed by atoms with Crippen molar-refractivity contribution in [1.29, 1.82) is 0 Å². The predicted octanol–water partition coefficient (Wildman–Crippen LogP) is 1.89. The Balaban J connectivity index is 1.70. The Morgan fingerprint density at radius 2 is 2.08 bits per heavy atom. The monoisotopic (exact) mass is 368 g/mol. The van der Waals surface area contributed by atoms with Gasteiger partial charge in [-0.2, -0.15) is 0 Å². The molecule has 1 aromatic carbocycles. The summed E-state index contributed by atoms with van der Waals surface area (Å²) in [6.07, 6.45) is 0.776. The van der Waals surface area contributed by atoms with Crippen LogP contribution in [-0.4, -0.2) is 65.1 Å². The number of aliphatic hydroxyl groups is 2. The number of amides is 1. The first-order chi connectivity index (χ1) is 11.8. The molecule has 2 atom stereocenters. The number of aliphatic hydroxyl groups excluding tert-OH is 1. The SMILES string of the molecule is CNc1ccc(Cl)cc1C(=O)N1CCC2(CC1)C[C@](C)(O)[C@@H](O)CO2. The van der Waals surface area contributed by atoms with E-state index in [4.69, 9.17) is 16.3 Å². The molecule has 3 N–H and O–H groups in total. The Kier molecular flexibility index (Phi) is 4.99. The van der Waals surface area contributed by atoms with E-state index in [1.807, 2.05) is 0 Å². The number of nitrogens with one attached hydrogen (secondary N) is 1. The zero-order valence-electron chi connectivity index (χ0n) is 14.6. The molecule has 2 heterocycles. The van der Waals surface area contributed by atoms with Crippen molar-refractivity contribution < 1.29 is 19.7 Å². The molecule has 25 heavy (non-hydrogen) atoms. The highest BCUT2D eigenvalue weighted by molar-refractivity contribution is 6.31. The number of carbonyl (C=O) groups is 1. The highest BCUT2D eigenvalue weighted by Gasteiger charge is 2.49. The van der Waals surface area contributed by atoms with Crippen LogP contribution in [0.1, 0.15) is 36.5 Å². The summed E-state index contributed by atoms with van der Waals surface area (Å²) in [5.41, 5.74) is -0.330. The molecule has 0 aliphatic carbocycles. The molecule has 0 bridgehead atoms. The summed E-state index contributed by atoms with van der Waals surface area (Å²) in [4.78, 5) is 14.7. The lowest BCUT2D eigenvalue weighted by molar-refractivity contribution is -0.221. The van der Waals surface area contributed by atoms with E-state index in [2.05, 4.69) is 5.32 Å². The Hall–Kier alpha value is -1.34. The second kappa shape index (κ2) is 6.76. The standard InChI is InChI=1S/C18H25ClN2O4/c1-17(24)11-18(25-10-15(17)22)5-7-21(8-6-18)16(23)13-9-12(19)3-4-14(13)20-2/h3-4,9,15,20,22,24H,5-8,10-11H2,1-2H3/t15-,17-/m0/s1. The van der Waals surface area contributed by atoms with E-state index in [9.17, 15) is 15.0 Å². The van der Waals surface area contributed by atoms with Crippen LogP contribution in [-0.2, 0) is 4.74 Å². The molecular formula is C18H25ClN2O4. The van der Waals surface area contributed by atoms with Crippen molar-refractivity contribution in [3.8, 4) is 0 Å². The number of piperidine rings is 1. The number of halogens is 1.